The molecule has 0 amide bonds. The van der Waals surface area contributed by atoms with Crippen molar-refractivity contribution in [1.82, 2.24) is 4.72 Å². The quantitative estimate of drug-likeness (QED) is 0.844. The van der Waals surface area contributed by atoms with E-state index in [2.05, 4.69) is 10.0 Å². The van der Waals surface area contributed by atoms with Crippen LogP contribution in [0.4, 0.5) is 5.69 Å². The third-order valence-corrected chi connectivity index (χ3v) is 4.06. The van der Waals surface area contributed by atoms with Gasteiger partial charge in [-0.2, -0.15) is 0 Å². The second-order valence-corrected chi connectivity index (χ2v) is 6.43. The Morgan fingerprint density at radius 3 is 2.24 bits per heavy atom. The lowest BCUT2D eigenvalue weighted by Crippen LogP contribution is -2.25. The van der Waals surface area contributed by atoms with Gasteiger partial charge in [0.2, 0.25) is 10.0 Å². The van der Waals surface area contributed by atoms with Gasteiger partial charge in [0.05, 0.1) is 4.90 Å². The Balaban J connectivity index is 2.11. The average Bonchev–Trinajstić information content (AvgIpc) is 3.01. The molecule has 0 aromatic heterocycles. The molecule has 0 spiro atoms. The largest absolute Gasteiger partial charge is 0.383 e. The number of sulfonamides is 1. The van der Waals surface area contributed by atoms with Crippen molar-refractivity contribution in [3.63, 3.8) is 0 Å². The lowest BCUT2D eigenvalue weighted by Gasteiger charge is -2.11. The molecule has 0 saturated heterocycles. The molecule has 0 atom stereocenters. The molecule has 5 heteroatoms. The first kappa shape index (κ1) is 12.4. The van der Waals surface area contributed by atoms with Crippen molar-refractivity contribution < 1.29 is 8.42 Å². The molecule has 94 valence electrons. The van der Waals surface area contributed by atoms with E-state index in [0.29, 0.717) is 10.9 Å². The summed E-state index contributed by atoms with van der Waals surface area (Å²) >= 11 is 0. The third-order valence-electron chi connectivity index (χ3n) is 2.52. The summed E-state index contributed by atoms with van der Waals surface area (Å²) in [6.45, 7) is 4.08. The van der Waals surface area contributed by atoms with Gasteiger partial charge in [-0.05, 0) is 51.0 Å². The zero-order valence-electron chi connectivity index (χ0n) is 10.1. The van der Waals surface area contributed by atoms with E-state index in [1.165, 1.54) is 0 Å². The number of anilines is 1. The highest BCUT2D eigenvalue weighted by Crippen LogP contribution is 2.22. The summed E-state index contributed by atoms with van der Waals surface area (Å²) < 4.78 is 26.4. The van der Waals surface area contributed by atoms with Crippen LogP contribution >= 0.6 is 0 Å². The SMILES string of the molecule is CC(C)Nc1ccc(S(=O)(=O)NC2CC2)cc1. The van der Waals surface area contributed by atoms with Crippen molar-refractivity contribution in [2.45, 2.75) is 43.7 Å². The van der Waals surface area contributed by atoms with Crippen LogP contribution in [0.15, 0.2) is 29.2 Å². The second-order valence-electron chi connectivity index (χ2n) is 4.72. The van der Waals surface area contributed by atoms with E-state index in [4.69, 9.17) is 0 Å². The van der Waals surface area contributed by atoms with Gasteiger partial charge in [0.25, 0.3) is 0 Å². The molecule has 0 heterocycles. The molecule has 1 aliphatic rings. The zero-order chi connectivity index (χ0) is 12.5. The monoisotopic (exact) mass is 254 g/mol. The average molecular weight is 254 g/mol. The van der Waals surface area contributed by atoms with E-state index in [0.717, 1.165) is 18.5 Å². The van der Waals surface area contributed by atoms with E-state index >= 15 is 0 Å². The highest BCUT2D eigenvalue weighted by Gasteiger charge is 2.27. The van der Waals surface area contributed by atoms with Crippen LogP contribution < -0.4 is 10.0 Å². The first-order chi connectivity index (χ1) is 7.97. The third kappa shape index (κ3) is 3.44. The molecule has 17 heavy (non-hydrogen) atoms. The summed E-state index contributed by atoms with van der Waals surface area (Å²) in [7, 11) is -3.32. The standard InChI is InChI=1S/C12H18N2O2S/c1-9(2)13-10-5-7-12(8-6-10)17(15,16)14-11-3-4-11/h5-9,11,13-14H,3-4H2,1-2H3. The van der Waals surface area contributed by atoms with Crippen LogP contribution in [0.1, 0.15) is 26.7 Å². The molecule has 1 saturated carbocycles. The fourth-order valence-electron chi connectivity index (χ4n) is 1.55. The maximum Gasteiger partial charge on any atom is 0.240 e. The molecule has 0 bridgehead atoms. The van der Waals surface area contributed by atoms with E-state index in [1.807, 2.05) is 13.8 Å². The summed E-state index contributed by atoms with van der Waals surface area (Å²) in [5, 5.41) is 3.22. The minimum absolute atomic E-state index is 0.147. The lowest BCUT2D eigenvalue weighted by molar-refractivity contribution is 0.581. The molecule has 1 aromatic carbocycles. The van der Waals surface area contributed by atoms with Gasteiger partial charge in [0.1, 0.15) is 0 Å². The summed E-state index contributed by atoms with van der Waals surface area (Å²) in [5.41, 5.74) is 0.936. The summed E-state index contributed by atoms with van der Waals surface area (Å²) in [5.74, 6) is 0. The number of nitrogens with one attached hydrogen (secondary N) is 2. The first-order valence-corrected chi connectivity index (χ1v) is 7.34. The Hall–Kier alpha value is -1.07. The van der Waals surface area contributed by atoms with E-state index in [1.54, 1.807) is 24.3 Å². The van der Waals surface area contributed by atoms with Gasteiger partial charge in [-0.1, -0.05) is 0 Å². The normalized spacial score (nSPS) is 16.2. The van der Waals surface area contributed by atoms with Crippen LogP contribution in [0.5, 0.6) is 0 Å². The van der Waals surface area contributed by atoms with Crippen LogP contribution in [0, 0.1) is 0 Å². The van der Waals surface area contributed by atoms with Crippen molar-refractivity contribution in [2.24, 2.45) is 0 Å². The van der Waals surface area contributed by atoms with Crippen molar-refractivity contribution >= 4 is 15.7 Å². The van der Waals surface area contributed by atoms with Gasteiger partial charge in [0, 0.05) is 17.8 Å². The molecule has 0 aliphatic heterocycles. The number of rotatable bonds is 5. The summed E-state index contributed by atoms with van der Waals surface area (Å²) in [6.07, 6.45) is 1.90. The maximum atomic E-state index is 11.9. The topological polar surface area (TPSA) is 58.2 Å². The predicted octanol–water partition coefficient (Wildman–Crippen LogP) is 1.95. The Kier molecular flexibility index (Phi) is 3.40. The number of hydrogen-bond donors (Lipinski definition) is 2. The van der Waals surface area contributed by atoms with Crippen LogP contribution in [0.25, 0.3) is 0 Å². The predicted molar refractivity (Wildman–Crippen MR) is 68.5 cm³/mol. The summed E-state index contributed by atoms with van der Waals surface area (Å²) in [4.78, 5) is 0.332. The Bertz CT molecular complexity index is 476. The lowest BCUT2D eigenvalue weighted by atomic mass is 10.3. The van der Waals surface area contributed by atoms with Gasteiger partial charge in [-0.15, -0.1) is 0 Å². The highest BCUT2D eigenvalue weighted by molar-refractivity contribution is 7.89. The van der Waals surface area contributed by atoms with Crippen LogP contribution in [-0.2, 0) is 10.0 Å². The number of hydrogen-bond acceptors (Lipinski definition) is 3. The molecule has 4 nitrogen and oxygen atoms in total. The van der Waals surface area contributed by atoms with E-state index < -0.39 is 10.0 Å². The van der Waals surface area contributed by atoms with Crippen molar-refractivity contribution in [3.8, 4) is 0 Å². The minimum atomic E-state index is -3.32. The van der Waals surface area contributed by atoms with E-state index in [9.17, 15) is 8.42 Å². The van der Waals surface area contributed by atoms with Crippen LogP contribution in [0.3, 0.4) is 0 Å². The molecule has 1 fully saturated rings. The van der Waals surface area contributed by atoms with Crippen molar-refractivity contribution in [2.75, 3.05) is 5.32 Å². The number of benzene rings is 1. The highest BCUT2D eigenvalue weighted by atomic mass is 32.2. The second kappa shape index (κ2) is 4.66. The van der Waals surface area contributed by atoms with Crippen molar-refractivity contribution in [1.29, 1.82) is 0 Å². The molecular formula is C12H18N2O2S. The van der Waals surface area contributed by atoms with E-state index in [-0.39, 0.29) is 6.04 Å². The minimum Gasteiger partial charge on any atom is -0.383 e. The Morgan fingerprint density at radius 1 is 1.18 bits per heavy atom. The van der Waals surface area contributed by atoms with Gasteiger partial charge in [-0.25, -0.2) is 13.1 Å². The molecule has 2 rings (SSSR count). The molecule has 2 N–H and O–H groups in total. The maximum absolute atomic E-state index is 11.9. The Morgan fingerprint density at radius 2 is 1.76 bits per heavy atom. The molecule has 0 unspecified atom stereocenters. The van der Waals surface area contributed by atoms with Gasteiger partial charge in [0.15, 0.2) is 0 Å². The van der Waals surface area contributed by atoms with Crippen LogP contribution in [-0.4, -0.2) is 20.5 Å². The molecule has 1 aromatic rings. The summed E-state index contributed by atoms with van der Waals surface area (Å²) in [6, 6.07) is 7.34. The van der Waals surface area contributed by atoms with Crippen LogP contribution in [0.2, 0.25) is 0 Å². The molecule has 1 aliphatic carbocycles. The smallest absolute Gasteiger partial charge is 0.240 e. The zero-order valence-corrected chi connectivity index (χ0v) is 10.9. The van der Waals surface area contributed by atoms with Gasteiger partial charge in [-0.3, -0.25) is 0 Å². The van der Waals surface area contributed by atoms with Gasteiger partial charge >= 0.3 is 0 Å². The molecule has 0 radical (unpaired) electrons. The van der Waals surface area contributed by atoms with Crippen molar-refractivity contribution in [3.05, 3.63) is 24.3 Å². The fraction of sp³-hybridized carbons (Fsp3) is 0.500. The Labute approximate surface area is 102 Å². The first-order valence-electron chi connectivity index (χ1n) is 5.86. The fourth-order valence-corrected chi connectivity index (χ4v) is 2.86. The van der Waals surface area contributed by atoms with Gasteiger partial charge < -0.3 is 5.32 Å². The molecular weight excluding hydrogens is 236 g/mol.